The van der Waals surface area contributed by atoms with Crippen LogP contribution in [0.25, 0.3) is 0 Å². The van der Waals surface area contributed by atoms with Crippen LogP contribution in [0.15, 0.2) is 30.3 Å². The maximum atomic E-state index is 12.2. The first kappa shape index (κ1) is 12.1. The van der Waals surface area contributed by atoms with E-state index in [0.29, 0.717) is 0 Å². The number of benzene rings is 1. The summed E-state index contributed by atoms with van der Waals surface area (Å²) in [5, 5.41) is 0. The third-order valence-electron chi connectivity index (χ3n) is 3.41. The zero-order chi connectivity index (χ0) is 12.5. The van der Waals surface area contributed by atoms with Gasteiger partial charge in [-0.1, -0.05) is 44.2 Å². The minimum absolute atomic E-state index is 0.0433. The van der Waals surface area contributed by atoms with Crippen LogP contribution < -0.4 is 5.73 Å². The lowest BCUT2D eigenvalue weighted by Gasteiger charge is -2.23. The van der Waals surface area contributed by atoms with Crippen LogP contribution >= 0.6 is 0 Å². The maximum Gasteiger partial charge on any atom is 0.244 e. The number of nitrogens with zero attached hydrogens (tertiary/aromatic N) is 1. The van der Waals surface area contributed by atoms with Crippen LogP contribution in [0.2, 0.25) is 0 Å². The van der Waals surface area contributed by atoms with Crippen molar-refractivity contribution in [3.05, 3.63) is 35.9 Å². The molecule has 2 N–H and O–H groups in total. The Morgan fingerprint density at radius 3 is 2.53 bits per heavy atom. The van der Waals surface area contributed by atoms with E-state index in [0.717, 1.165) is 25.1 Å². The molecular weight excluding hydrogens is 212 g/mol. The van der Waals surface area contributed by atoms with Gasteiger partial charge in [0.2, 0.25) is 5.91 Å². The first-order valence-electron chi connectivity index (χ1n) is 6.09. The highest BCUT2D eigenvalue weighted by atomic mass is 16.2. The van der Waals surface area contributed by atoms with Crippen molar-refractivity contribution in [2.75, 3.05) is 13.1 Å². The molecule has 1 amide bonds. The van der Waals surface area contributed by atoms with Gasteiger partial charge in [0.05, 0.1) is 0 Å². The third-order valence-corrected chi connectivity index (χ3v) is 3.41. The number of nitrogens with two attached hydrogens (primary N) is 1. The predicted octanol–water partition coefficient (Wildman–Crippen LogP) is 1.94. The Morgan fingerprint density at radius 1 is 1.35 bits per heavy atom. The summed E-state index contributed by atoms with van der Waals surface area (Å²) in [5.41, 5.74) is 7.13. The van der Waals surface area contributed by atoms with Crippen molar-refractivity contribution in [1.29, 1.82) is 0 Å². The van der Waals surface area contributed by atoms with Gasteiger partial charge in [0, 0.05) is 13.1 Å². The molecule has 0 bridgehead atoms. The van der Waals surface area contributed by atoms with Gasteiger partial charge in [-0.15, -0.1) is 0 Å². The smallest absolute Gasteiger partial charge is 0.244 e. The molecule has 1 fully saturated rings. The largest absolute Gasteiger partial charge is 0.340 e. The van der Waals surface area contributed by atoms with Crippen LogP contribution in [0, 0.1) is 5.41 Å². The summed E-state index contributed by atoms with van der Waals surface area (Å²) in [5.74, 6) is 0.0433. The van der Waals surface area contributed by atoms with Crippen molar-refractivity contribution in [3.8, 4) is 0 Å². The summed E-state index contributed by atoms with van der Waals surface area (Å²) in [4.78, 5) is 14.1. The quantitative estimate of drug-likeness (QED) is 0.847. The van der Waals surface area contributed by atoms with E-state index >= 15 is 0 Å². The Bertz CT molecular complexity index is 400. The van der Waals surface area contributed by atoms with Gasteiger partial charge in [-0.3, -0.25) is 4.79 Å². The van der Waals surface area contributed by atoms with Gasteiger partial charge in [0.1, 0.15) is 6.04 Å². The average molecular weight is 232 g/mol. The van der Waals surface area contributed by atoms with Crippen molar-refractivity contribution in [2.24, 2.45) is 11.1 Å². The minimum atomic E-state index is -0.523. The lowest BCUT2D eigenvalue weighted by Crippen LogP contribution is -2.37. The van der Waals surface area contributed by atoms with Gasteiger partial charge in [0.15, 0.2) is 0 Å². The molecule has 3 heteroatoms. The molecule has 1 aromatic rings. The summed E-state index contributed by atoms with van der Waals surface area (Å²) in [7, 11) is 0. The fourth-order valence-corrected chi connectivity index (χ4v) is 2.30. The molecule has 1 atom stereocenters. The Labute approximate surface area is 103 Å². The topological polar surface area (TPSA) is 46.3 Å². The van der Waals surface area contributed by atoms with E-state index in [1.54, 1.807) is 0 Å². The molecule has 3 nitrogen and oxygen atoms in total. The SMILES string of the molecule is CC1(C)CCN(C(=O)[C@H](N)c2ccccc2)C1. The molecule has 17 heavy (non-hydrogen) atoms. The number of hydrogen-bond acceptors (Lipinski definition) is 2. The van der Waals surface area contributed by atoms with Crippen molar-refractivity contribution >= 4 is 5.91 Å². The van der Waals surface area contributed by atoms with Gasteiger partial charge in [-0.2, -0.15) is 0 Å². The number of amides is 1. The summed E-state index contributed by atoms with van der Waals surface area (Å²) >= 11 is 0. The second-order valence-electron chi connectivity index (χ2n) is 5.56. The molecule has 2 rings (SSSR count). The highest BCUT2D eigenvalue weighted by Gasteiger charge is 2.34. The lowest BCUT2D eigenvalue weighted by atomic mass is 9.93. The van der Waals surface area contributed by atoms with Crippen LogP contribution in [-0.4, -0.2) is 23.9 Å². The summed E-state index contributed by atoms with van der Waals surface area (Å²) in [6, 6.07) is 9.05. The Hall–Kier alpha value is -1.35. The predicted molar refractivity (Wildman–Crippen MR) is 68.3 cm³/mol. The average Bonchev–Trinajstić information content (AvgIpc) is 2.69. The first-order valence-corrected chi connectivity index (χ1v) is 6.09. The Balaban J connectivity index is 2.06. The van der Waals surface area contributed by atoms with E-state index in [2.05, 4.69) is 13.8 Å². The second-order valence-corrected chi connectivity index (χ2v) is 5.56. The molecule has 1 heterocycles. The van der Waals surface area contributed by atoms with E-state index in [4.69, 9.17) is 5.73 Å². The monoisotopic (exact) mass is 232 g/mol. The molecule has 0 unspecified atom stereocenters. The van der Waals surface area contributed by atoms with Gasteiger partial charge in [-0.05, 0) is 17.4 Å². The molecule has 1 aliphatic heterocycles. The molecule has 0 aromatic heterocycles. The van der Waals surface area contributed by atoms with Crippen LogP contribution in [-0.2, 0) is 4.79 Å². The van der Waals surface area contributed by atoms with Gasteiger partial charge < -0.3 is 10.6 Å². The molecule has 1 aliphatic rings. The molecule has 1 saturated heterocycles. The summed E-state index contributed by atoms with van der Waals surface area (Å²) in [6.07, 6.45) is 1.06. The summed E-state index contributed by atoms with van der Waals surface area (Å²) < 4.78 is 0. The van der Waals surface area contributed by atoms with Crippen LogP contribution in [0.1, 0.15) is 31.9 Å². The second kappa shape index (κ2) is 4.49. The van der Waals surface area contributed by atoms with Crippen molar-refractivity contribution < 1.29 is 4.79 Å². The van der Waals surface area contributed by atoms with E-state index in [9.17, 15) is 4.79 Å². The van der Waals surface area contributed by atoms with Crippen molar-refractivity contribution in [1.82, 2.24) is 4.90 Å². The third kappa shape index (κ3) is 2.67. The Kier molecular flexibility index (Phi) is 3.20. The first-order chi connectivity index (χ1) is 7.99. The van der Waals surface area contributed by atoms with E-state index < -0.39 is 6.04 Å². The number of carbonyl (C=O) groups is 1. The van der Waals surface area contributed by atoms with E-state index in [-0.39, 0.29) is 11.3 Å². The van der Waals surface area contributed by atoms with Crippen molar-refractivity contribution in [2.45, 2.75) is 26.3 Å². The minimum Gasteiger partial charge on any atom is -0.340 e. The maximum absolute atomic E-state index is 12.2. The van der Waals surface area contributed by atoms with Crippen LogP contribution in [0.5, 0.6) is 0 Å². The zero-order valence-corrected chi connectivity index (χ0v) is 10.5. The fraction of sp³-hybridized carbons (Fsp3) is 0.500. The van der Waals surface area contributed by atoms with Gasteiger partial charge in [-0.25, -0.2) is 0 Å². The van der Waals surface area contributed by atoms with Gasteiger partial charge >= 0.3 is 0 Å². The number of rotatable bonds is 2. The van der Waals surface area contributed by atoms with Crippen LogP contribution in [0.3, 0.4) is 0 Å². The molecule has 0 saturated carbocycles. The van der Waals surface area contributed by atoms with E-state index in [1.807, 2.05) is 35.2 Å². The van der Waals surface area contributed by atoms with Crippen molar-refractivity contribution in [3.63, 3.8) is 0 Å². The molecule has 0 spiro atoms. The standard InChI is InChI=1S/C14H20N2O/c1-14(2)8-9-16(10-14)13(17)12(15)11-6-4-3-5-7-11/h3-7,12H,8-10,15H2,1-2H3/t12-/m1/s1. The molecule has 0 aliphatic carbocycles. The lowest BCUT2D eigenvalue weighted by molar-refractivity contribution is -0.132. The van der Waals surface area contributed by atoms with E-state index in [1.165, 1.54) is 0 Å². The number of carbonyl (C=O) groups excluding carboxylic acids is 1. The normalized spacial score (nSPS) is 20.3. The highest BCUT2D eigenvalue weighted by molar-refractivity contribution is 5.83. The summed E-state index contributed by atoms with van der Waals surface area (Å²) in [6.45, 7) is 6.02. The molecule has 0 radical (unpaired) electrons. The van der Waals surface area contributed by atoms with Crippen LogP contribution in [0.4, 0.5) is 0 Å². The molecule has 92 valence electrons. The highest BCUT2D eigenvalue weighted by Crippen LogP contribution is 2.30. The van der Waals surface area contributed by atoms with Gasteiger partial charge in [0.25, 0.3) is 0 Å². The molecular formula is C14H20N2O. The zero-order valence-electron chi connectivity index (χ0n) is 10.5. The Morgan fingerprint density at radius 2 is 2.00 bits per heavy atom. The fourth-order valence-electron chi connectivity index (χ4n) is 2.30. The molecule has 1 aromatic carbocycles. The number of hydrogen-bond donors (Lipinski definition) is 1. The number of likely N-dealkylation sites (tertiary alicyclic amines) is 1.